The van der Waals surface area contributed by atoms with Gasteiger partial charge in [0.25, 0.3) is 0 Å². The summed E-state index contributed by atoms with van der Waals surface area (Å²) in [5.74, 6) is 12.5. The first-order valence-electron chi connectivity index (χ1n) is 4.56. The van der Waals surface area contributed by atoms with Crippen LogP contribution in [0.1, 0.15) is 38.5 Å². The fourth-order valence-corrected chi connectivity index (χ4v) is 1.03. The van der Waals surface area contributed by atoms with E-state index in [9.17, 15) is 0 Å². The molecule has 0 heteroatoms. The molecule has 0 bridgehead atoms. The van der Waals surface area contributed by atoms with Crippen molar-refractivity contribution in [3.63, 3.8) is 0 Å². The lowest BCUT2D eigenvalue weighted by Gasteiger charge is -1.89. The van der Waals surface area contributed by atoms with Crippen LogP contribution in [-0.2, 0) is 0 Å². The summed E-state index contributed by atoms with van der Waals surface area (Å²) in [6.45, 7) is 0. The Morgan fingerprint density at radius 2 is 1.17 bits per heavy atom. The van der Waals surface area contributed by atoms with Crippen LogP contribution in [0.15, 0.2) is 12.2 Å². The van der Waals surface area contributed by atoms with Crippen molar-refractivity contribution in [2.24, 2.45) is 0 Å². The topological polar surface area (TPSA) is 0 Å². The van der Waals surface area contributed by atoms with Crippen LogP contribution in [0.4, 0.5) is 0 Å². The van der Waals surface area contributed by atoms with Gasteiger partial charge in [-0.1, -0.05) is 24.0 Å². The molecule has 1 aliphatic rings. The first-order valence-corrected chi connectivity index (χ1v) is 4.56. The molecule has 0 aromatic carbocycles. The van der Waals surface area contributed by atoms with Crippen LogP contribution in [0.25, 0.3) is 0 Å². The predicted molar refractivity (Wildman–Crippen MR) is 52.4 cm³/mol. The summed E-state index contributed by atoms with van der Waals surface area (Å²) in [5.41, 5.74) is 0. The molecule has 0 spiro atoms. The standard InChI is InChI=1S/C12H14/c1-2-4-6-8-10-12-11-9-7-5-3-1/h1-2H,3-4,9-12H2. The average molecular weight is 158 g/mol. The van der Waals surface area contributed by atoms with Crippen molar-refractivity contribution in [2.75, 3.05) is 0 Å². The maximum Gasteiger partial charge on any atom is 0.0270 e. The zero-order valence-corrected chi connectivity index (χ0v) is 7.40. The van der Waals surface area contributed by atoms with E-state index in [0.29, 0.717) is 0 Å². The van der Waals surface area contributed by atoms with Gasteiger partial charge in [0.2, 0.25) is 0 Å². The van der Waals surface area contributed by atoms with E-state index in [0.717, 1.165) is 25.7 Å². The van der Waals surface area contributed by atoms with Crippen molar-refractivity contribution in [1.29, 1.82) is 0 Å². The molecule has 1 aliphatic carbocycles. The van der Waals surface area contributed by atoms with Crippen molar-refractivity contribution in [3.8, 4) is 23.7 Å². The maximum atomic E-state index is 3.15. The first-order chi connectivity index (χ1) is 6.00. The zero-order chi connectivity index (χ0) is 8.49. The molecule has 0 atom stereocenters. The van der Waals surface area contributed by atoms with Crippen LogP contribution in [0.3, 0.4) is 0 Å². The van der Waals surface area contributed by atoms with E-state index < -0.39 is 0 Å². The van der Waals surface area contributed by atoms with Crippen molar-refractivity contribution in [2.45, 2.75) is 38.5 Å². The Kier molecular flexibility index (Phi) is 4.90. The molecule has 0 unspecified atom stereocenters. The monoisotopic (exact) mass is 158 g/mol. The zero-order valence-electron chi connectivity index (χ0n) is 7.40. The summed E-state index contributed by atoms with van der Waals surface area (Å²) in [6.07, 6.45) is 10.5. The molecule has 0 saturated carbocycles. The van der Waals surface area contributed by atoms with Gasteiger partial charge in [0, 0.05) is 25.7 Å². The second-order valence-electron chi connectivity index (χ2n) is 2.79. The van der Waals surface area contributed by atoms with Crippen molar-refractivity contribution < 1.29 is 0 Å². The molecular weight excluding hydrogens is 144 g/mol. The van der Waals surface area contributed by atoms with E-state index in [-0.39, 0.29) is 0 Å². The third-order valence-corrected chi connectivity index (χ3v) is 1.71. The molecule has 0 radical (unpaired) electrons. The predicted octanol–water partition coefficient (Wildman–Crippen LogP) is 2.90. The molecule has 62 valence electrons. The Bertz CT molecular complexity index is 221. The first kappa shape index (κ1) is 8.95. The summed E-state index contributed by atoms with van der Waals surface area (Å²) >= 11 is 0. The molecule has 0 aromatic rings. The van der Waals surface area contributed by atoms with Gasteiger partial charge in [-0.3, -0.25) is 0 Å². The summed E-state index contributed by atoms with van der Waals surface area (Å²) < 4.78 is 0. The summed E-state index contributed by atoms with van der Waals surface area (Å²) in [5, 5.41) is 0. The minimum atomic E-state index is 0.891. The van der Waals surface area contributed by atoms with Crippen LogP contribution in [0, 0.1) is 23.7 Å². The van der Waals surface area contributed by atoms with E-state index in [4.69, 9.17) is 0 Å². The van der Waals surface area contributed by atoms with Gasteiger partial charge in [0.05, 0.1) is 0 Å². The molecule has 0 fully saturated rings. The van der Waals surface area contributed by atoms with Gasteiger partial charge in [-0.25, -0.2) is 0 Å². The molecule has 0 saturated heterocycles. The van der Waals surface area contributed by atoms with Gasteiger partial charge >= 0.3 is 0 Å². The molecule has 0 aliphatic heterocycles. The third kappa shape index (κ3) is 4.64. The smallest absolute Gasteiger partial charge is 0.0270 e. The summed E-state index contributed by atoms with van der Waals surface area (Å²) in [6, 6.07) is 0. The number of hydrogen-bond donors (Lipinski definition) is 0. The Hall–Kier alpha value is -1.14. The lowest BCUT2D eigenvalue weighted by molar-refractivity contribution is 0.782. The van der Waals surface area contributed by atoms with Crippen molar-refractivity contribution in [1.82, 2.24) is 0 Å². The van der Waals surface area contributed by atoms with Crippen LogP contribution >= 0.6 is 0 Å². The third-order valence-electron chi connectivity index (χ3n) is 1.71. The Labute approximate surface area is 75.1 Å². The van der Waals surface area contributed by atoms with E-state index >= 15 is 0 Å². The molecule has 12 heavy (non-hydrogen) atoms. The Morgan fingerprint density at radius 3 is 1.67 bits per heavy atom. The van der Waals surface area contributed by atoms with E-state index in [1.807, 2.05) is 0 Å². The minimum absolute atomic E-state index is 0.891. The second kappa shape index (κ2) is 6.56. The highest BCUT2D eigenvalue weighted by Crippen LogP contribution is 1.98. The number of hydrogen-bond acceptors (Lipinski definition) is 0. The highest BCUT2D eigenvalue weighted by atomic mass is 13.9. The molecule has 0 nitrogen and oxygen atoms in total. The molecule has 0 amide bonds. The molecule has 0 aromatic heterocycles. The lowest BCUT2D eigenvalue weighted by Crippen LogP contribution is -1.74. The molecule has 0 heterocycles. The van der Waals surface area contributed by atoms with Crippen LogP contribution < -0.4 is 0 Å². The average Bonchev–Trinajstić information content (AvgIpc) is 2.05. The lowest BCUT2D eigenvalue weighted by atomic mass is 10.2. The van der Waals surface area contributed by atoms with Gasteiger partial charge in [0.1, 0.15) is 0 Å². The Balaban J connectivity index is 2.38. The summed E-state index contributed by atoms with van der Waals surface area (Å²) in [4.78, 5) is 0. The largest absolute Gasteiger partial charge is 0.103 e. The van der Waals surface area contributed by atoms with Gasteiger partial charge in [-0.05, 0) is 12.8 Å². The summed E-state index contributed by atoms with van der Waals surface area (Å²) in [7, 11) is 0. The fraction of sp³-hybridized carbons (Fsp3) is 0.500. The van der Waals surface area contributed by atoms with E-state index in [1.54, 1.807) is 0 Å². The van der Waals surface area contributed by atoms with Crippen molar-refractivity contribution in [3.05, 3.63) is 12.2 Å². The normalized spacial score (nSPS) is 17.3. The van der Waals surface area contributed by atoms with Gasteiger partial charge < -0.3 is 0 Å². The Morgan fingerprint density at radius 1 is 0.667 bits per heavy atom. The van der Waals surface area contributed by atoms with Gasteiger partial charge in [-0.15, -0.1) is 11.8 Å². The highest BCUT2D eigenvalue weighted by Gasteiger charge is 1.83. The molecule has 1 rings (SSSR count). The van der Waals surface area contributed by atoms with Crippen LogP contribution in [0.5, 0.6) is 0 Å². The quantitative estimate of drug-likeness (QED) is 0.375. The minimum Gasteiger partial charge on any atom is -0.103 e. The SMILES string of the molecule is C1#CCCCCC#CCC=CC1. The van der Waals surface area contributed by atoms with Gasteiger partial charge in [-0.2, -0.15) is 0 Å². The van der Waals surface area contributed by atoms with E-state index in [2.05, 4.69) is 35.8 Å². The fourth-order valence-electron chi connectivity index (χ4n) is 1.03. The maximum absolute atomic E-state index is 3.15. The highest BCUT2D eigenvalue weighted by molar-refractivity contribution is 5.09. The number of rotatable bonds is 0. The van der Waals surface area contributed by atoms with Crippen LogP contribution in [-0.4, -0.2) is 0 Å². The number of allylic oxidation sites excluding steroid dienone is 2. The molecule has 0 N–H and O–H groups in total. The van der Waals surface area contributed by atoms with E-state index in [1.165, 1.54) is 12.8 Å². The second-order valence-corrected chi connectivity index (χ2v) is 2.79. The molecular formula is C12H14. The van der Waals surface area contributed by atoms with Gasteiger partial charge in [0.15, 0.2) is 0 Å². The van der Waals surface area contributed by atoms with Crippen molar-refractivity contribution >= 4 is 0 Å². The van der Waals surface area contributed by atoms with Crippen LogP contribution in [0.2, 0.25) is 0 Å².